The molecule has 1 amide bonds. The van der Waals surface area contributed by atoms with Crippen molar-refractivity contribution < 1.29 is 14.6 Å². The molecule has 1 aliphatic rings. The molecule has 1 saturated heterocycles. The molecule has 0 spiro atoms. The fourth-order valence-electron chi connectivity index (χ4n) is 3.25. The van der Waals surface area contributed by atoms with E-state index in [4.69, 9.17) is 0 Å². The second-order valence-electron chi connectivity index (χ2n) is 7.29. The van der Waals surface area contributed by atoms with Gasteiger partial charge >= 0.3 is 0 Å². The Bertz CT molecular complexity index is 1600. The number of thioether (sulfide) groups is 1. The molecule has 5 rings (SSSR count). The van der Waals surface area contributed by atoms with Crippen LogP contribution in [-0.2, 0) is 4.79 Å². The number of non-ortho nitro benzene ring substituents is 1. The largest absolute Gasteiger partial charge is 0.300 e. The minimum atomic E-state index is -0.493. The number of hydrogen-bond acceptors (Lipinski definition) is 10. The van der Waals surface area contributed by atoms with Gasteiger partial charge in [0.1, 0.15) is 0 Å². The number of carbonyl (C=O) groups excluding carboxylic acids is 1. The maximum absolute atomic E-state index is 12.4. The molecular weight excluding hydrogens is 522 g/mol. The molecule has 0 aliphatic carbocycles. The summed E-state index contributed by atoms with van der Waals surface area (Å²) in [4.78, 5) is 43.8. The fourth-order valence-corrected chi connectivity index (χ4v) is 6.23. The highest BCUT2D eigenvalue weighted by Gasteiger charge is 2.25. The summed E-state index contributed by atoms with van der Waals surface area (Å²) in [5, 5.41) is 25.9. The average molecular weight is 536 g/mol. The van der Waals surface area contributed by atoms with E-state index in [2.05, 4.69) is 15.3 Å². The topological polar surface area (TPSA) is 141 Å². The number of hydrogen-bond donors (Lipinski definition) is 1. The van der Waals surface area contributed by atoms with Gasteiger partial charge in [-0.15, -0.1) is 11.3 Å². The summed E-state index contributed by atoms with van der Waals surface area (Å²) in [6.07, 6.45) is 1.58. The van der Waals surface area contributed by atoms with Crippen molar-refractivity contribution in [2.24, 2.45) is 4.99 Å². The lowest BCUT2D eigenvalue weighted by Crippen LogP contribution is -2.19. The molecule has 4 aromatic rings. The van der Waals surface area contributed by atoms with Gasteiger partial charge in [0, 0.05) is 18.2 Å². The van der Waals surface area contributed by atoms with Crippen LogP contribution in [0.3, 0.4) is 0 Å². The van der Waals surface area contributed by atoms with E-state index in [0.29, 0.717) is 40.8 Å². The van der Waals surface area contributed by atoms with Crippen LogP contribution in [0.2, 0.25) is 0 Å². The molecule has 0 unspecified atom stereocenters. The molecule has 0 saturated carbocycles. The van der Waals surface area contributed by atoms with Crippen molar-refractivity contribution in [3.63, 3.8) is 0 Å². The third-order valence-electron chi connectivity index (χ3n) is 4.88. The van der Waals surface area contributed by atoms with E-state index in [1.165, 1.54) is 29.5 Å². The Labute approximate surface area is 215 Å². The maximum Gasteiger partial charge on any atom is 0.283 e. The Morgan fingerprint density at radius 1 is 1.00 bits per heavy atom. The molecule has 10 nitrogen and oxygen atoms in total. The van der Waals surface area contributed by atoms with Crippen LogP contribution in [0.25, 0.3) is 16.3 Å². The second-order valence-corrected chi connectivity index (χ2v) is 10.6. The van der Waals surface area contributed by atoms with Crippen molar-refractivity contribution in [2.45, 2.75) is 9.24 Å². The van der Waals surface area contributed by atoms with Gasteiger partial charge in [-0.3, -0.25) is 25.0 Å². The van der Waals surface area contributed by atoms with Gasteiger partial charge in [0.15, 0.2) is 9.51 Å². The van der Waals surface area contributed by atoms with Crippen LogP contribution >= 0.6 is 34.9 Å². The summed E-state index contributed by atoms with van der Waals surface area (Å²) in [6.45, 7) is 0. The predicted octanol–water partition coefficient (Wildman–Crippen LogP) is 6.16. The zero-order chi connectivity index (χ0) is 25.2. The number of nitro benzene ring substituents is 2. The molecule has 1 fully saturated rings. The minimum Gasteiger partial charge on any atom is -0.300 e. The molecule has 2 heterocycles. The Morgan fingerprint density at radius 3 is 2.56 bits per heavy atom. The van der Waals surface area contributed by atoms with E-state index in [1.54, 1.807) is 24.3 Å². The van der Waals surface area contributed by atoms with Crippen molar-refractivity contribution in [1.29, 1.82) is 0 Å². The molecule has 0 bridgehead atoms. The second kappa shape index (κ2) is 9.89. The fraction of sp³-hybridized carbons (Fsp3) is 0. The van der Waals surface area contributed by atoms with E-state index >= 15 is 0 Å². The van der Waals surface area contributed by atoms with Crippen molar-refractivity contribution in [3.8, 4) is 0 Å². The van der Waals surface area contributed by atoms with Gasteiger partial charge in [0.2, 0.25) is 0 Å². The summed E-state index contributed by atoms with van der Waals surface area (Å²) < 4.78 is 1.14. The van der Waals surface area contributed by atoms with E-state index in [0.717, 1.165) is 23.5 Å². The standard InChI is InChI=1S/C23H13N5O5S3/c29-21-20(34-22(26-21)24-14-4-2-1-3-5-14)11-13-6-9-18(17(10-13)28(32)33)35-23-25-16-8-7-15(27(30)31)12-19(16)36-23/h1-12H,(H,24,26,29)/b20-11-. The van der Waals surface area contributed by atoms with Crippen molar-refractivity contribution >= 4 is 79.3 Å². The first kappa shape index (κ1) is 23.7. The van der Waals surface area contributed by atoms with E-state index in [-0.39, 0.29) is 17.3 Å². The molecule has 3 aromatic carbocycles. The quantitative estimate of drug-likeness (QED) is 0.176. The van der Waals surface area contributed by atoms with Crippen LogP contribution in [0.1, 0.15) is 5.56 Å². The molecule has 1 aliphatic heterocycles. The lowest BCUT2D eigenvalue weighted by Gasteiger charge is -2.02. The third kappa shape index (κ3) is 5.12. The molecule has 36 heavy (non-hydrogen) atoms. The van der Waals surface area contributed by atoms with Crippen LogP contribution < -0.4 is 5.32 Å². The number of rotatable bonds is 6. The summed E-state index contributed by atoms with van der Waals surface area (Å²) in [5.74, 6) is -0.334. The van der Waals surface area contributed by atoms with E-state index < -0.39 is 9.85 Å². The zero-order valence-electron chi connectivity index (χ0n) is 18.0. The highest BCUT2D eigenvalue weighted by Crippen LogP contribution is 2.40. The van der Waals surface area contributed by atoms with Crippen LogP contribution in [0.4, 0.5) is 17.1 Å². The molecule has 13 heteroatoms. The number of amidine groups is 1. The Balaban J connectivity index is 1.40. The van der Waals surface area contributed by atoms with Gasteiger partial charge in [-0.25, -0.2) is 9.98 Å². The Morgan fingerprint density at radius 2 is 1.81 bits per heavy atom. The van der Waals surface area contributed by atoms with Gasteiger partial charge in [-0.05, 0) is 47.7 Å². The normalized spacial score (nSPS) is 15.5. The first-order valence-electron chi connectivity index (χ1n) is 10.2. The van der Waals surface area contributed by atoms with Crippen LogP contribution in [0.5, 0.6) is 0 Å². The first-order valence-corrected chi connectivity index (χ1v) is 12.7. The van der Waals surface area contributed by atoms with Gasteiger partial charge in [0.25, 0.3) is 17.3 Å². The Hall–Kier alpha value is -4.07. The molecule has 1 aromatic heterocycles. The number of fused-ring (bicyclic) bond motifs is 1. The summed E-state index contributed by atoms with van der Waals surface area (Å²) in [5.41, 5.74) is 1.58. The number of nitro groups is 2. The number of nitrogens with zero attached hydrogens (tertiary/aromatic N) is 4. The van der Waals surface area contributed by atoms with Gasteiger partial charge in [0.05, 0.1) is 35.6 Å². The number of nitrogens with one attached hydrogen (secondary N) is 1. The van der Waals surface area contributed by atoms with Crippen LogP contribution in [0, 0.1) is 20.2 Å². The van der Waals surface area contributed by atoms with Crippen LogP contribution in [0.15, 0.2) is 85.9 Å². The Kier molecular flexibility index (Phi) is 6.50. The third-order valence-corrected chi connectivity index (χ3v) is 7.93. The molecular formula is C23H13N5O5S3. The average Bonchev–Trinajstić information content (AvgIpc) is 3.41. The number of aliphatic imine (C=N–C) groups is 1. The number of benzene rings is 3. The summed E-state index contributed by atoms with van der Waals surface area (Å²) in [7, 11) is 0. The predicted molar refractivity (Wildman–Crippen MR) is 141 cm³/mol. The van der Waals surface area contributed by atoms with Crippen molar-refractivity contribution in [1.82, 2.24) is 10.3 Å². The van der Waals surface area contributed by atoms with Crippen molar-refractivity contribution in [3.05, 3.63) is 97.4 Å². The number of amides is 1. The number of para-hydroxylation sites is 1. The van der Waals surface area contributed by atoms with Crippen molar-refractivity contribution in [2.75, 3.05) is 0 Å². The van der Waals surface area contributed by atoms with E-state index in [9.17, 15) is 25.0 Å². The zero-order valence-corrected chi connectivity index (χ0v) is 20.4. The first-order chi connectivity index (χ1) is 17.4. The molecule has 0 radical (unpaired) electrons. The van der Waals surface area contributed by atoms with Crippen LogP contribution in [-0.4, -0.2) is 25.9 Å². The van der Waals surface area contributed by atoms with Gasteiger partial charge < -0.3 is 5.32 Å². The lowest BCUT2D eigenvalue weighted by atomic mass is 10.2. The lowest BCUT2D eigenvalue weighted by molar-refractivity contribution is -0.387. The summed E-state index contributed by atoms with van der Waals surface area (Å²) in [6, 6.07) is 18.2. The maximum atomic E-state index is 12.4. The van der Waals surface area contributed by atoms with E-state index in [1.807, 2.05) is 30.3 Å². The number of aromatic nitrogens is 1. The van der Waals surface area contributed by atoms with Gasteiger partial charge in [-0.1, -0.05) is 36.0 Å². The number of carbonyl (C=O) groups is 1. The molecule has 0 atom stereocenters. The summed E-state index contributed by atoms with van der Waals surface area (Å²) >= 11 is 3.48. The highest BCUT2D eigenvalue weighted by molar-refractivity contribution is 8.18. The SMILES string of the molecule is O=C1NC(=Nc2ccccc2)S/C1=C\c1ccc(Sc2nc3ccc([N+](=O)[O-])cc3s2)c([N+](=O)[O-])c1. The van der Waals surface area contributed by atoms with Gasteiger partial charge in [-0.2, -0.15) is 0 Å². The minimum absolute atomic E-state index is 0.0446. The smallest absolute Gasteiger partial charge is 0.283 e. The molecule has 178 valence electrons. The molecule has 1 N–H and O–H groups in total. The number of thiazole rings is 1. The highest BCUT2D eigenvalue weighted by atomic mass is 32.2. The monoisotopic (exact) mass is 535 g/mol.